The quantitative estimate of drug-likeness (QED) is 0.495. The SMILES string of the molecule is N[C@@](Br)(CO)Cc1cnc[nH]1. The number of aliphatic hydroxyl groups is 1. The van der Waals surface area contributed by atoms with Crippen molar-refractivity contribution in [2.75, 3.05) is 6.61 Å². The lowest BCUT2D eigenvalue weighted by Gasteiger charge is -2.17. The lowest BCUT2D eigenvalue weighted by Crippen LogP contribution is -2.39. The van der Waals surface area contributed by atoms with Crippen LogP contribution in [-0.4, -0.2) is 26.1 Å². The van der Waals surface area contributed by atoms with E-state index in [1.807, 2.05) is 0 Å². The highest BCUT2D eigenvalue weighted by Gasteiger charge is 2.20. The maximum absolute atomic E-state index is 8.79. The van der Waals surface area contributed by atoms with Crippen molar-refractivity contribution >= 4 is 15.9 Å². The average Bonchev–Trinajstić information content (AvgIpc) is 2.39. The largest absolute Gasteiger partial charge is 0.394 e. The van der Waals surface area contributed by atoms with Crippen LogP contribution in [0.25, 0.3) is 0 Å². The number of hydrogen-bond acceptors (Lipinski definition) is 3. The molecule has 0 aromatic carbocycles. The van der Waals surface area contributed by atoms with Crippen LogP contribution in [-0.2, 0) is 6.42 Å². The van der Waals surface area contributed by atoms with Crippen LogP contribution in [0.5, 0.6) is 0 Å². The first kappa shape index (κ1) is 8.70. The van der Waals surface area contributed by atoms with Crippen molar-refractivity contribution in [2.45, 2.75) is 10.9 Å². The summed E-state index contributed by atoms with van der Waals surface area (Å²) < 4.78 is -0.737. The van der Waals surface area contributed by atoms with Gasteiger partial charge in [0.05, 0.1) is 12.9 Å². The Hall–Kier alpha value is -0.390. The number of halogens is 1. The van der Waals surface area contributed by atoms with E-state index in [9.17, 15) is 0 Å². The van der Waals surface area contributed by atoms with E-state index in [2.05, 4.69) is 25.9 Å². The molecule has 4 nitrogen and oxygen atoms in total. The third kappa shape index (κ3) is 2.61. The Morgan fingerprint density at radius 3 is 3.00 bits per heavy atom. The van der Waals surface area contributed by atoms with Gasteiger partial charge in [0.2, 0.25) is 0 Å². The van der Waals surface area contributed by atoms with Crippen LogP contribution >= 0.6 is 15.9 Å². The van der Waals surface area contributed by atoms with Crippen LogP contribution in [0.1, 0.15) is 5.69 Å². The van der Waals surface area contributed by atoms with Crippen LogP contribution < -0.4 is 5.73 Å². The number of rotatable bonds is 3. The molecule has 0 saturated carbocycles. The summed E-state index contributed by atoms with van der Waals surface area (Å²) in [5.41, 5.74) is 6.53. The molecule has 0 radical (unpaired) electrons. The number of hydrogen-bond donors (Lipinski definition) is 3. The fraction of sp³-hybridized carbons (Fsp3) is 0.500. The van der Waals surface area contributed by atoms with E-state index in [1.165, 1.54) is 0 Å². The number of aliphatic hydroxyl groups excluding tert-OH is 1. The summed E-state index contributed by atoms with van der Waals surface area (Å²) in [6.45, 7) is -0.105. The molecular formula is C6H10BrN3O. The average molecular weight is 220 g/mol. The predicted octanol–water partition coefficient (Wildman–Crippen LogP) is -0.00560. The molecule has 11 heavy (non-hydrogen) atoms. The number of aromatic amines is 1. The first-order valence-corrected chi connectivity index (χ1v) is 3.99. The van der Waals surface area contributed by atoms with Crippen molar-refractivity contribution in [1.82, 2.24) is 9.97 Å². The van der Waals surface area contributed by atoms with Gasteiger partial charge < -0.3 is 15.8 Å². The molecule has 1 aromatic rings. The van der Waals surface area contributed by atoms with Crippen molar-refractivity contribution in [2.24, 2.45) is 5.73 Å². The molecule has 4 N–H and O–H groups in total. The van der Waals surface area contributed by atoms with Gasteiger partial charge in [0.1, 0.15) is 4.45 Å². The second-order valence-electron chi connectivity index (χ2n) is 2.45. The van der Waals surface area contributed by atoms with Crippen molar-refractivity contribution in [3.63, 3.8) is 0 Å². The van der Waals surface area contributed by atoms with Gasteiger partial charge in [-0.15, -0.1) is 0 Å². The topological polar surface area (TPSA) is 74.9 Å². The minimum absolute atomic E-state index is 0.105. The molecule has 0 aliphatic carbocycles. The number of alkyl halides is 1. The van der Waals surface area contributed by atoms with Crippen LogP contribution in [0.15, 0.2) is 12.5 Å². The third-order valence-electron chi connectivity index (χ3n) is 1.30. The van der Waals surface area contributed by atoms with E-state index in [4.69, 9.17) is 10.8 Å². The number of nitrogens with one attached hydrogen (secondary N) is 1. The normalized spacial score (nSPS) is 16.3. The van der Waals surface area contributed by atoms with E-state index in [0.717, 1.165) is 5.69 Å². The Morgan fingerprint density at radius 1 is 1.82 bits per heavy atom. The molecule has 0 bridgehead atoms. The van der Waals surface area contributed by atoms with Crippen molar-refractivity contribution < 1.29 is 5.11 Å². The van der Waals surface area contributed by atoms with Gasteiger partial charge in [0.15, 0.2) is 0 Å². The predicted molar refractivity (Wildman–Crippen MR) is 45.2 cm³/mol. The molecule has 0 aliphatic heterocycles. The van der Waals surface area contributed by atoms with Gasteiger partial charge >= 0.3 is 0 Å². The molecule has 0 saturated heterocycles. The van der Waals surface area contributed by atoms with Crippen molar-refractivity contribution in [3.8, 4) is 0 Å². The molecule has 0 amide bonds. The van der Waals surface area contributed by atoms with Gasteiger partial charge in [-0.25, -0.2) is 4.98 Å². The summed E-state index contributed by atoms with van der Waals surface area (Å²) in [7, 11) is 0. The highest BCUT2D eigenvalue weighted by molar-refractivity contribution is 9.10. The highest BCUT2D eigenvalue weighted by atomic mass is 79.9. The van der Waals surface area contributed by atoms with E-state index < -0.39 is 4.45 Å². The Morgan fingerprint density at radius 2 is 2.55 bits per heavy atom. The number of aromatic nitrogens is 2. The molecule has 1 rings (SSSR count). The molecule has 1 heterocycles. The van der Waals surface area contributed by atoms with Crippen LogP contribution in [0.4, 0.5) is 0 Å². The van der Waals surface area contributed by atoms with E-state index >= 15 is 0 Å². The summed E-state index contributed by atoms with van der Waals surface area (Å²) in [5, 5.41) is 8.79. The van der Waals surface area contributed by atoms with Gasteiger partial charge in [0.25, 0.3) is 0 Å². The molecule has 5 heteroatoms. The Bertz CT molecular complexity index is 210. The standard InChI is InChI=1S/C6H10BrN3O/c7-6(8,3-11)1-5-2-9-4-10-5/h2,4,11H,1,3,8H2,(H,9,10)/t6-/m1/s1. The molecule has 0 unspecified atom stereocenters. The van der Waals surface area contributed by atoms with Gasteiger partial charge in [-0.2, -0.15) is 0 Å². The van der Waals surface area contributed by atoms with Gasteiger partial charge in [-0.05, 0) is 0 Å². The maximum atomic E-state index is 8.79. The van der Waals surface area contributed by atoms with Crippen molar-refractivity contribution in [3.05, 3.63) is 18.2 Å². The smallest absolute Gasteiger partial charge is 0.101 e. The monoisotopic (exact) mass is 219 g/mol. The lowest BCUT2D eigenvalue weighted by atomic mass is 10.2. The van der Waals surface area contributed by atoms with Gasteiger partial charge in [0, 0.05) is 18.3 Å². The summed E-state index contributed by atoms with van der Waals surface area (Å²) in [4.78, 5) is 6.72. The second kappa shape index (κ2) is 3.34. The fourth-order valence-corrected chi connectivity index (χ4v) is 1.06. The minimum atomic E-state index is -0.737. The number of nitrogens with two attached hydrogens (primary N) is 1. The Balaban J connectivity index is 2.56. The number of H-pyrrole nitrogens is 1. The first-order chi connectivity index (χ1) is 5.14. The summed E-state index contributed by atoms with van der Waals surface area (Å²) >= 11 is 3.18. The number of imidazole rings is 1. The van der Waals surface area contributed by atoms with Crippen molar-refractivity contribution in [1.29, 1.82) is 0 Å². The molecule has 0 fully saturated rings. The zero-order valence-electron chi connectivity index (χ0n) is 5.92. The van der Waals surface area contributed by atoms with Gasteiger partial charge in [-0.3, -0.25) is 0 Å². The molecule has 62 valence electrons. The zero-order valence-corrected chi connectivity index (χ0v) is 7.50. The summed E-state index contributed by atoms with van der Waals surface area (Å²) in [5.74, 6) is 0. The van der Waals surface area contributed by atoms with Crippen LogP contribution in [0.3, 0.4) is 0 Å². The third-order valence-corrected chi connectivity index (χ3v) is 1.83. The first-order valence-electron chi connectivity index (χ1n) is 3.20. The Labute approximate surface area is 73.0 Å². The second-order valence-corrected chi connectivity index (χ2v) is 4.03. The van der Waals surface area contributed by atoms with E-state index in [0.29, 0.717) is 6.42 Å². The van der Waals surface area contributed by atoms with Crippen LogP contribution in [0, 0.1) is 0 Å². The zero-order chi connectivity index (χ0) is 8.32. The fourth-order valence-electron chi connectivity index (χ4n) is 0.754. The summed E-state index contributed by atoms with van der Waals surface area (Å²) in [6.07, 6.45) is 3.79. The Kier molecular flexibility index (Phi) is 2.64. The number of nitrogens with zero attached hydrogens (tertiary/aromatic N) is 1. The minimum Gasteiger partial charge on any atom is -0.394 e. The molecule has 1 aromatic heterocycles. The van der Waals surface area contributed by atoms with E-state index in [-0.39, 0.29) is 6.61 Å². The molecule has 1 atom stereocenters. The molecular weight excluding hydrogens is 210 g/mol. The molecule has 0 aliphatic rings. The maximum Gasteiger partial charge on any atom is 0.101 e. The van der Waals surface area contributed by atoms with Gasteiger partial charge in [-0.1, -0.05) is 15.9 Å². The van der Waals surface area contributed by atoms with E-state index in [1.54, 1.807) is 12.5 Å². The molecule has 0 spiro atoms. The van der Waals surface area contributed by atoms with Crippen LogP contribution in [0.2, 0.25) is 0 Å². The highest BCUT2D eigenvalue weighted by Crippen LogP contribution is 2.14. The lowest BCUT2D eigenvalue weighted by molar-refractivity contribution is 0.252. The summed E-state index contributed by atoms with van der Waals surface area (Å²) in [6, 6.07) is 0.